The van der Waals surface area contributed by atoms with Crippen LogP contribution in [0.1, 0.15) is 25.7 Å². The second-order valence-corrected chi connectivity index (χ2v) is 3.52. The first kappa shape index (κ1) is 9.57. The van der Waals surface area contributed by atoms with Crippen LogP contribution in [0.5, 0.6) is 0 Å². The standard InChI is InChI=1S/C10H17NO/c1-2-6-11-8-9-4-3-5-10(12)7-9/h1,9-12H,3-8H2. The summed E-state index contributed by atoms with van der Waals surface area (Å²) in [6.07, 6.45) is 9.34. The molecule has 0 saturated heterocycles. The average Bonchev–Trinajstić information content (AvgIpc) is 2.05. The largest absolute Gasteiger partial charge is 0.393 e. The predicted octanol–water partition coefficient (Wildman–Crippen LogP) is 0.760. The molecule has 0 spiro atoms. The molecule has 0 radical (unpaired) electrons. The summed E-state index contributed by atoms with van der Waals surface area (Å²) in [7, 11) is 0. The van der Waals surface area contributed by atoms with Gasteiger partial charge in [0.1, 0.15) is 0 Å². The van der Waals surface area contributed by atoms with Crippen LogP contribution in [-0.4, -0.2) is 24.3 Å². The van der Waals surface area contributed by atoms with Crippen molar-refractivity contribution < 1.29 is 5.11 Å². The molecule has 1 aliphatic carbocycles. The molecule has 1 rings (SSSR count). The zero-order chi connectivity index (χ0) is 8.81. The van der Waals surface area contributed by atoms with Crippen molar-refractivity contribution in [3.63, 3.8) is 0 Å². The van der Waals surface area contributed by atoms with Crippen LogP contribution in [0.2, 0.25) is 0 Å². The fraction of sp³-hybridized carbons (Fsp3) is 0.800. The van der Waals surface area contributed by atoms with Gasteiger partial charge < -0.3 is 10.4 Å². The van der Waals surface area contributed by atoms with Gasteiger partial charge in [-0.2, -0.15) is 0 Å². The summed E-state index contributed by atoms with van der Waals surface area (Å²) >= 11 is 0. The van der Waals surface area contributed by atoms with Crippen molar-refractivity contribution in [1.82, 2.24) is 5.32 Å². The molecule has 1 fully saturated rings. The van der Waals surface area contributed by atoms with Crippen LogP contribution < -0.4 is 5.32 Å². The van der Waals surface area contributed by atoms with Gasteiger partial charge in [-0.15, -0.1) is 6.42 Å². The van der Waals surface area contributed by atoms with Crippen LogP contribution in [0.15, 0.2) is 0 Å². The Labute approximate surface area is 74.4 Å². The van der Waals surface area contributed by atoms with E-state index < -0.39 is 0 Å². The predicted molar refractivity (Wildman–Crippen MR) is 49.7 cm³/mol. The van der Waals surface area contributed by atoms with Gasteiger partial charge in [-0.05, 0) is 31.7 Å². The smallest absolute Gasteiger partial charge is 0.0573 e. The first-order valence-electron chi connectivity index (χ1n) is 4.65. The first-order chi connectivity index (χ1) is 5.83. The lowest BCUT2D eigenvalue weighted by molar-refractivity contribution is 0.101. The van der Waals surface area contributed by atoms with Crippen molar-refractivity contribution in [2.24, 2.45) is 5.92 Å². The summed E-state index contributed by atoms with van der Waals surface area (Å²) in [5, 5.41) is 12.5. The highest BCUT2D eigenvalue weighted by Gasteiger charge is 2.19. The van der Waals surface area contributed by atoms with Crippen LogP contribution in [0.3, 0.4) is 0 Å². The Kier molecular flexibility index (Phi) is 4.13. The van der Waals surface area contributed by atoms with Crippen LogP contribution in [0.25, 0.3) is 0 Å². The Balaban J connectivity index is 2.11. The van der Waals surface area contributed by atoms with E-state index in [1.807, 2.05) is 0 Å². The minimum atomic E-state index is -0.0728. The van der Waals surface area contributed by atoms with Gasteiger partial charge in [-0.25, -0.2) is 0 Å². The van der Waals surface area contributed by atoms with E-state index in [-0.39, 0.29) is 6.10 Å². The molecule has 68 valence electrons. The highest BCUT2D eigenvalue weighted by Crippen LogP contribution is 2.23. The van der Waals surface area contributed by atoms with Crippen molar-refractivity contribution in [2.75, 3.05) is 13.1 Å². The van der Waals surface area contributed by atoms with E-state index in [9.17, 15) is 5.11 Å². The highest BCUT2D eigenvalue weighted by molar-refractivity contribution is 4.87. The molecule has 1 aliphatic rings. The zero-order valence-electron chi connectivity index (χ0n) is 7.42. The lowest BCUT2D eigenvalue weighted by atomic mass is 9.87. The van der Waals surface area contributed by atoms with Crippen LogP contribution in [-0.2, 0) is 0 Å². The number of nitrogens with one attached hydrogen (secondary N) is 1. The van der Waals surface area contributed by atoms with Crippen molar-refractivity contribution in [2.45, 2.75) is 31.8 Å². The lowest BCUT2D eigenvalue weighted by Crippen LogP contribution is -2.29. The average molecular weight is 167 g/mol. The molecule has 0 heterocycles. The summed E-state index contributed by atoms with van der Waals surface area (Å²) in [4.78, 5) is 0. The number of terminal acetylenes is 1. The molecule has 2 N–H and O–H groups in total. The number of aliphatic hydroxyl groups is 1. The van der Waals surface area contributed by atoms with Gasteiger partial charge in [0.25, 0.3) is 0 Å². The van der Waals surface area contributed by atoms with E-state index in [1.165, 1.54) is 6.42 Å². The highest BCUT2D eigenvalue weighted by atomic mass is 16.3. The number of hydrogen-bond acceptors (Lipinski definition) is 2. The Morgan fingerprint density at radius 2 is 2.33 bits per heavy atom. The van der Waals surface area contributed by atoms with Crippen molar-refractivity contribution in [1.29, 1.82) is 0 Å². The van der Waals surface area contributed by atoms with Gasteiger partial charge >= 0.3 is 0 Å². The summed E-state index contributed by atoms with van der Waals surface area (Å²) in [6, 6.07) is 0. The third kappa shape index (κ3) is 3.25. The molecule has 0 aromatic rings. The van der Waals surface area contributed by atoms with Gasteiger partial charge in [0.15, 0.2) is 0 Å². The van der Waals surface area contributed by atoms with E-state index in [4.69, 9.17) is 6.42 Å². The van der Waals surface area contributed by atoms with Gasteiger partial charge in [0.05, 0.1) is 12.6 Å². The molecule has 2 heteroatoms. The van der Waals surface area contributed by atoms with E-state index in [0.717, 1.165) is 25.8 Å². The van der Waals surface area contributed by atoms with Crippen LogP contribution in [0, 0.1) is 18.3 Å². The molecule has 0 aromatic heterocycles. The quantitative estimate of drug-likeness (QED) is 0.480. The van der Waals surface area contributed by atoms with Gasteiger partial charge in [0.2, 0.25) is 0 Å². The number of aliphatic hydroxyl groups excluding tert-OH is 1. The fourth-order valence-corrected chi connectivity index (χ4v) is 1.80. The molecule has 0 amide bonds. The maximum absolute atomic E-state index is 9.37. The Morgan fingerprint density at radius 3 is 3.00 bits per heavy atom. The molecule has 2 nitrogen and oxygen atoms in total. The Hall–Kier alpha value is -0.520. The molecule has 2 atom stereocenters. The summed E-state index contributed by atoms with van der Waals surface area (Å²) in [5.74, 6) is 3.17. The molecule has 0 bridgehead atoms. The maximum Gasteiger partial charge on any atom is 0.0573 e. The molecule has 1 saturated carbocycles. The van der Waals surface area contributed by atoms with Crippen LogP contribution in [0.4, 0.5) is 0 Å². The van der Waals surface area contributed by atoms with Crippen LogP contribution >= 0.6 is 0 Å². The van der Waals surface area contributed by atoms with E-state index >= 15 is 0 Å². The summed E-state index contributed by atoms with van der Waals surface area (Å²) in [5.41, 5.74) is 0. The molecular weight excluding hydrogens is 150 g/mol. The van der Waals surface area contributed by atoms with Crippen molar-refractivity contribution in [3.05, 3.63) is 0 Å². The normalized spacial score (nSPS) is 29.7. The maximum atomic E-state index is 9.37. The monoisotopic (exact) mass is 167 g/mol. The third-order valence-electron chi connectivity index (χ3n) is 2.42. The van der Waals surface area contributed by atoms with Gasteiger partial charge in [0, 0.05) is 0 Å². The summed E-state index contributed by atoms with van der Waals surface area (Å²) in [6.45, 7) is 1.61. The Bertz CT molecular complexity index is 162. The zero-order valence-corrected chi connectivity index (χ0v) is 7.42. The molecule has 0 aliphatic heterocycles. The SMILES string of the molecule is C#CCNCC1CCCC(O)C1. The van der Waals surface area contributed by atoms with Gasteiger partial charge in [-0.1, -0.05) is 12.3 Å². The van der Waals surface area contributed by atoms with Crippen molar-refractivity contribution >= 4 is 0 Å². The number of hydrogen-bond donors (Lipinski definition) is 2. The van der Waals surface area contributed by atoms with Crippen molar-refractivity contribution in [3.8, 4) is 12.3 Å². The summed E-state index contributed by atoms with van der Waals surface area (Å²) < 4.78 is 0. The minimum Gasteiger partial charge on any atom is -0.393 e. The topological polar surface area (TPSA) is 32.3 Å². The first-order valence-corrected chi connectivity index (χ1v) is 4.65. The number of rotatable bonds is 3. The molecular formula is C10H17NO. The van der Waals surface area contributed by atoms with E-state index in [2.05, 4.69) is 11.2 Å². The second kappa shape index (κ2) is 5.18. The second-order valence-electron chi connectivity index (χ2n) is 3.52. The fourth-order valence-electron chi connectivity index (χ4n) is 1.80. The van der Waals surface area contributed by atoms with Gasteiger partial charge in [-0.3, -0.25) is 0 Å². The molecule has 2 unspecified atom stereocenters. The Morgan fingerprint density at radius 1 is 1.50 bits per heavy atom. The minimum absolute atomic E-state index is 0.0728. The van der Waals surface area contributed by atoms with E-state index in [1.54, 1.807) is 0 Å². The third-order valence-corrected chi connectivity index (χ3v) is 2.42. The lowest BCUT2D eigenvalue weighted by Gasteiger charge is -2.25. The molecule has 12 heavy (non-hydrogen) atoms. The van der Waals surface area contributed by atoms with E-state index in [0.29, 0.717) is 12.5 Å². The molecule has 0 aromatic carbocycles.